The van der Waals surface area contributed by atoms with Crippen LogP contribution in [0.1, 0.15) is 35.2 Å². The highest BCUT2D eigenvalue weighted by Crippen LogP contribution is 2.37. The van der Waals surface area contributed by atoms with Crippen molar-refractivity contribution < 1.29 is 46.3 Å². The average molecular weight is 627 g/mol. The van der Waals surface area contributed by atoms with Crippen LogP contribution in [-0.2, 0) is 25.1 Å². The van der Waals surface area contributed by atoms with Gasteiger partial charge in [0.05, 0.1) is 67.0 Å². The molecule has 0 bridgehead atoms. The lowest BCUT2D eigenvalue weighted by Gasteiger charge is -2.35. The number of nitrogens with zero attached hydrogens (tertiary/aromatic N) is 3. The van der Waals surface area contributed by atoms with Crippen molar-refractivity contribution in [1.82, 2.24) is 4.90 Å². The summed E-state index contributed by atoms with van der Waals surface area (Å²) in [6.07, 6.45) is -1.96. The van der Waals surface area contributed by atoms with Crippen molar-refractivity contribution in [2.24, 2.45) is 0 Å². The molecule has 0 atom stereocenters. The van der Waals surface area contributed by atoms with E-state index in [9.17, 15) is 26.4 Å². The zero-order chi connectivity index (χ0) is 31.0. The number of hydrogen-bond acceptors (Lipinski definition) is 8. The molecule has 0 aliphatic carbocycles. The predicted molar refractivity (Wildman–Crippen MR) is 151 cm³/mol. The monoisotopic (exact) mass is 626 g/mol. The molecular weight excluding hydrogens is 589 g/mol. The Labute approximate surface area is 249 Å². The molecule has 0 spiro atoms. The number of quaternary nitrogens is 1. The van der Waals surface area contributed by atoms with Gasteiger partial charge in [-0.2, -0.15) is 13.2 Å². The topological polar surface area (TPSA) is 127 Å². The smallest absolute Gasteiger partial charge is 0.430 e. The summed E-state index contributed by atoms with van der Waals surface area (Å²) in [4.78, 5) is 29.2. The minimum Gasteiger partial charge on any atom is -0.542 e. The second-order valence-electron chi connectivity index (χ2n) is 10.7. The first-order valence-electron chi connectivity index (χ1n) is 14.4. The van der Waals surface area contributed by atoms with Gasteiger partial charge >= 0.3 is 6.18 Å². The van der Waals surface area contributed by atoms with Crippen LogP contribution >= 0.6 is 0 Å². The number of sulfone groups is 1. The number of benzene rings is 2. The fraction of sp³-hybridized carbons (Fsp3) is 0.517. The van der Waals surface area contributed by atoms with Crippen LogP contribution in [0.2, 0.25) is 0 Å². The number of carboxylic acids is 1. The van der Waals surface area contributed by atoms with E-state index in [0.717, 1.165) is 62.4 Å². The molecule has 0 unspecified atom stereocenters. The number of rotatable bonds is 6. The number of carbonyl (C=O) groups is 2. The normalized spacial score (nSPS) is 18.1. The predicted octanol–water partition coefficient (Wildman–Crippen LogP) is 0.805. The van der Waals surface area contributed by atoms with Crippen LogP contribution in [0.3, 0.4) is 0 Å². The highest BCUT2D eigenvalue weighted by atomic mass is 32.2. The summed E-state index contributed by atoms with van der Waals surface area (Å²) < 4.78 is 65.0. The van der Waals surface area contributed by atoms with Crippen LogP contribution < -0.4 is 20.2 Å². The lowest BCUT2D eigenvalue weighted by atomic mass is 10.1. The summed E-state index contributed by atoms with van der Waals surface area (Å²) in [6.45, 7) is 7.28. The molecule has 3 fully saturated rings. The van der Waals surface area contributed by atoms with Gasteiger partial charge in [-0.1, -0.05) is 30.3 Å². The first-order chi connectivity index (χ1) is 20.5. The Morgan fingerprint density at radius 2 is 1.44 bits per heavy atom. The number of anilines is 2. The number of alkyl halides is 3. The number of piperidine rings is 1. The molecule has 236 valence electrons. The van der Waals surface area contributed by atoms with Crippen molar-refractivity contribution in [3.8, 4) is 0 Å². The molecule has 3 saturated heterocycles. The van der Waals surface area contributed by atoms with Gasteiger partial charge in [-0.25, -0.2) is 8.42 Å². The van der Waals surface area contributed by atoms with E-state index in [-0.39, 0.29) is 16.6 Å². The van der Waals surface area contributed by atoms with E-state index in [1.54, 1.807) is 6.07 Å². The molecule has 2 aromatic rings. The van der Waals surface area contributed by atoms with Gasteiger partial charge in [0, 0.05) is 26.2 Å². The lowest BCUT2D eigenvalue weighted by Crippen LogP contribution is -2.89. The number of aliphatic carboxylic acids is 1. The summed E-state index contributed by atoms with van der Waals surface area (Å²) in [5, 5.41) is 11.0. The van der Waals surface area contributed by atoms with Gasteiger partial charge in [-0.3, -0.25) is 4.79 Å². The number of hydrogen-bond donors (Lipinski definition) is 1. The molecular formula is C29H37F3N4O6S. The number of nitrogens with two attached hydrogens (primary N) is 1. The summed E-state index contributed by atoms with van der Waals surface area (Å²) in [6, 6.07) is 13.0. The number of ether oxygens (including phenoxy) is 1. The van der Waals surface area contributed by atoms with Crippen LogP contribution in [-0.4, -0.2) is 96.9 Å². The molecule has 3 heterocycles. The van der Waals surface area contributed by atoms with Crippen molar-refractivity contribution >= 4 is 33.1 Å². The average Bonchev–Trinajstić information content (AvgIpc) is 3.01. The van der Waals surface area contributed by atoms with Crippen LogP contribution in [0.15, 0.2) is 47.4 Å². The third-order valence-corrected chi connectivity index (χ3v) is 9.33. The maximum atomic E-state index is 13.9. The summed E-state index contributed by atoms with van der Waals surface area (Å²) in [7, 11) is -3.69. The van der Waals surface area contributed by atoms with E-state index in [1.165, 1.54) is 0 Å². The van der Waals surface area contributed by atoms with Gasteiger partial charge in [-0.15, -0.1) is 0 Å². The quantitative estimate of drug-likeness (QED) is 0.499. The molecule has 2 N–H and O–H groups in total. The molecule has 14 heteroatoms. The van der Waals surface area contributed by atoms with Gasteiger partial charge in [0.15, 0.2) is 9.84 Å². The number of carbonyl (C=O) groups excluding carboxylic acids is 2. The Hall–Kier alpha value is -3.36. The highest BCUT2D eigenvalue weighted by Gasteiger charge is 2.32. The second kappa shape index (κ2) is 14.4. The van der Waals surface area contributed by atoms with Crippen LogP contribution in [0, 0.1) is 0 Å². The maximum Gasteiger partial charge on any atom is 0.430 e. The molecule has 2 aromatic carbocycles. The molecule has 0 aromatic heterocycles. The van der Waals surface area contributed by atoms with E-state index in [0.29, 0.717) is 45.0 Å². The first-order valence-corrected chi connectivity index (χ1v) is 16.0. The zero-order valence-electron chi connectivity index (χ0n) is 23.9. The molecule has 0 radical (unpaired) electrons. The highest BCUT2D eigenvalue weighted by molar-refractivity contribution is 7.90. The third kappa shape index (κ3) is 8.61. The fourth-order valence-corrected chi connectivity index (χ4v) is 7.01. The summed E-state index contributed by atoms with van der Waals surface area (Å²) in [5.74, 6) is -3.17. The Balaban J connectivity index is 0.000000541. The number of morpholine rings is 1. The Kier molecular flexibility index (Phi) is 10.9. The van der Waals surface area contributed by atoms with Crippen molar-refractivity contribution in [3.05, 3.63) is 53.6 Å². The van der Waals surface area contributed by atoms with Gasteiger partial charge < -0.3 is 34.7 Å². The van der Waals surface area contributed by atoms with E-state index in [4.69, 9.17) is 14.6 Å². The summed E-state index contributed by atoms with van der Waals surface area (Å²) in [5.41, 5.74) is 2.80. The van der Waals surface area contributed by atoms with E-state index in [2.05, 4.69) is 15.1 Å². The first kappa shape index (κ1) is 32.6. The lowest BCUT2D eigenvalue weighted by molar-refractivity contribution is -0.661. The molecule has 0 saturated carbocycles. The van der Waals surface area contributed by atoms with Crippen molar-refractivity contribution in [1.29, 1.82) is 0 Å². The number of carboxylic acid groups (broad SMARTS) is 1. The number of halogens is 3. The molecule has 10 nitrogen and oxygen atoms in total. The minimum absolute atomic E-state index is 0.0778. The summed E-state index contributed by atoms with van der Waals surface area (Å²) >= 11 is 0. The van der Waals surface area contributed by atoms with Crippen LogP contribution in [0.4, 0.5) is 24.5 Å². The second-order valence-corrected chi connectivity index (χ2v) is 12.6. The standard InChI is InChI=1S/C27H36N4O4S.C2HF3O2/c32-27(31-13-9-28-10-14-31)23-19-26(36(33,34)21-22-7-3-1-4-8-22)25(29-11-5-2-6-12-29)20-24(23)30-15-17-35-18-16-30;3-2(4,5)1(6)7/h1,3-4,7-8,19-20,28H,2,5-6,9-18,21H2;(H,6,7). The van der Waals surface area contributed by atoms with Crippen molar-refractivity contribution in [2.45, 2.75) is 36.1 Å². The van der Waals surface area contributed by atoms with Gasteiger partial charge in [0.1, 0.15) is 5.97 Å². The molecule has 3 aliphatic rings. The Morgan fingerprint density at radius 3 is 2.02 bits per heavy atom. The largest absolute Gasteiger partial charge is 0.542 e. The van der Waals surface area contributed by atoms with Crippen molar-refractivity contribution in [2.75, 3.05) is 75.4 Å². The van der Waals surface area contributed by atoms with Crippen LogP contribution in [0.25, 0.3) is 0 Å². The molecule has 3 aliphatic heterocycles. The van der Waals surface area contributed by atoms with Gasteiger partial charge in [0.2, 0.25) is 0 Å². The van der Waals surface area contributed by atoms with E-state index < -0.39 is 22.0 Å². The van der Waals surface area contributed by atoms with E-state index >= 15 is 0 Å². The Morgan fingerprint density at radius 1 is 0.860 bits per heavy atom. The fourth-order valence-electron chi connectivity index (χ4n) is 5.42. The van der Waals surface area contributed by atoms with Crippen LogP contribution in [0.5, 0.6) is 0 Å². The number of amides is 1. The van der Waals surface area contributed by atoms with Gasteiger partial charge in [-0.05, 0) is 37.0 Å². The minimum atomic E-state index is -5.19. The SMILES string of the molecule is O=C([O-])C(F)(F)F.O=C(c1cc(S(=O)(=O)Cc2ccccc2)c(N2CCCCC2)cc1N1CCOCC1)N1CC[NH2+]CC1. The van der Waals surface area contributed by atoms with E-state index in [1.807, 2.05) is 41.3 Å². The maximum absolute atomic E-state index is 13.9. The molecule has 43 heavy (non-hydrogen) atoms. The van der Waals surface area contributed by atoms with Gasteiger partial charge in [0.25, 0.3) is 5.91 Å². The molecule has 1 amide bonds. The third-order valence-electron chi connectivity index (χ3n) is 7.62. The number of piperazine rings is 1. The van der Waals surface area contributed by atoms with Crippen molar-refractivity contribution in [3.63, 3.8) is 0 Å². The zero-order valence-corrected chi connectivity index (χ0v) is 24.7. The molecule has 5 rings (SSSR count). The Bertz CT molecular complexity index is 1360.